The first kappa shape index (κ1) is 12.4. The average Bonchev–Trinajstić information content (AvgIpc) is 2.22. The summed E-state index contributed by atoms with van der Waals surface area (Å²) in [6.45, 7) is -0.597. The van der Waals surface area contributed by atoms with Crippen LogP contribution in [0.3, 0.4) is 0 Å². The molecule has 0 unspecified atom stereocenters. The van der Waals surface area contributed by atoms with Crippen LogP contribution < -0.4 is 4.74 Å². The highest BCUT2D eigenvalue weighted by molar-refractivity contribution is 9.08. The minimum absolute atomic E-state index is 0.0298. The van der Waals surface area contributed by atoms with E-state index < -0.39 is 24.1 Å². The van der Waals surface area contributed by atoms with E-state index in [1.807, 2.05) is 0 Å². The molecule has 0 fully saturated rings. The number of halogens is 4. The monoisotopic (exact) mass is 282 g/mol. The number of ether oxygens (including phenoxy) is 1. The van der Waals surface area contributed by atoms with E-state index >= 15 is 0 Å². The predicted octanol–water partition coefficient (Wildman–Crippen LogP) is 3.60. The zero-order valence-corrected chi connectivity index (χ0v) is 9.49. The van der Waals surface area contributed by atoms with E-state index in [1.54, 1.807) is 0 Å². The molecular formula is C10H10BrF3O. The number of hydrogen-bond acceptors (Lipinski definition) is 1. The molecule has 0 atom stereocenters. The van der Waals surface area contributed by atoms with E-state index in [9.17, 15) is 13.2 Å². The quantitative estimate of drug-likeness (QED) is 0.592. The van der Waals surface area contributed by atoms with Crippen LogP contribution in [0, 0.1) is 11.6 Å². The SMILES string of the molecule is FCCCOc1c(F)cc(CBr)cc1F. The van der Waals surface area contributed by atoms with Gasteiger partial charge in [0.25, 0.3) is 0 Å². The molecule has 1 aromatic rings. The molecule has 0 saturated carbocycles. The lowest BCUT2D eigenvalue weighted by Gasteiger charge is -2.08. The van der Waals surface area contributed by atoms with Crippen molar-refractivity contribution in [1.82, 2.24) is 0 Å². The van der Waals surface area contributed by atoms with Crippen LogP contribution in [0.25, 0.3) is 0 Å². The normalized spacial score (nSPS) is 10.4. The summed E-state index contributed by atoms with van der Waals surface area (Å²) >= 11 is 3.09. The van der Waals surface area contributed by atoms with Crippen molar-refractivity contribution in [3.8, 4) is 5.75 Å². The van der Waals surface area contributed by atoms with Crippen LogP contribution in [-0.4, -0.2) is 13.3 Å². The van der Waals surface area contributed by atoms with Gasteiger partial charge in [0.1, 0.15) is 0 Å². The fourth-order valence-corrected chi connectivity index (χ4v) is 1.38. The van der Waals surface area contributed by atoms with Crippen molar-refractivity contribution in [1.29, 1.82) is 0 Å². The predicted molar refractivity (Wildman–Crippen MR) is 55.1 cm³/mol. The van der Waals surface area contributed by atoms with Gasteiger partial charge in [0.2, 0.25) is 0 Å². The van der Waals surface area contributed by atoms with E-state index in [0.717, 1.165) is 0 Å². The van der Waals surface area contributed by atoms with Gasteiger partial charge in [0, 0.05) is 11.8 Å². The standard InChI is InChI=1S/C10H10BrF3O/c11-6-7-4-8(13)10(9(14)5-7)15-3-1-2-12/h4-5H,1-3,6H2. The Morgan fingerprint density at radius 1 is 1.20 bits per heavy atom. The van der Waals surface area contributed by atoms with Crippen LogP contribution in [0.1, 0.15) is 12.0 Å². The van der Waals surface area contributed by atoms with Gasteiger partial charge in [-0.2, -0.15) is 0 Å². The molecule has 5 heteroatoms. The first-order chi connectivity index (χ1) is 7.19. The Hall–Kier alpha value is -0.710. The fourth-order valence-electron chi connectivity index (χ4n) is 1.06. The van der Waals surface area contributed by atoms with Gasteiger partial charge in [-0.05, 0) is 17.7 Å². The van der Waals surface area contributed by atoms with Crippen LogP contribution in [0.2, 0.25) is 0 Å². The van der Waals surface area contributed by atoms with Crippen molar-refractivity contribution in [2.24, 2.45) is 0 Å². The summed E-state index contributed by atoms with van der Waals surface area (Å²) in [7, 11) is 0. The molecule has 1 rings (SSSR count). The Kier molecular flexibility index (Phi) is 4.94. The Balaban J connectivity index is 2.79. The molecule has 15 heavy (non-hydrogen) atoms. The Morgan fingerprint density at radius 3 is 2.27 bits per heavy atom. The average molecular weight is 283 g/mol. The van der Waals surface area contributed by atoms with Crippen LogP contribution in [-0.2, 0) is 5.33 Å². The zero-order valence-electron chi connectivity index (χ0n) is 7.90. The molecule has 0 heterocycles. The Morgan fingerprint density at radius 2 is 1.80 bits per heavy atom. The molecule has 0 bridgehead atoms. The van der Waals surface area contributed by atoms with E-state index in [4.69, 9.17) is 4.74 Å². The summed E-state index contributed by atoms with van der Waals surface area (Å²) in [5.41, 5.74) is 0.489. The summed E-state index contributed by atoms with van der Waals surface area (Å²) in [6, 6.07) is 2.37. The van der Waals surface area contributed by atoms with Gasteiger partial charge in [0.05, 0.1) is 13.3 Å². The van der Waals surface area contributed by atoms with E-state index in [1.165, 1.54) is 12.1 Å². The molecule has 0 aliphatic heterocycles. The molecule has 0 aromatic heterocycles. The van der Waals surface area contributed by atoms with E-state index in [-0.39, 0.29) is 13.0 Å². The molecule has 1 aromatic carbocycles. The molecule has 0 aliphatic carbocycles. The van der Waals surface area contributed by atoms with Crippen molar-refractivity contribution in [3.63, 3.8) is 0 Å². The summed E-state index contributed by atoms with van der Waals surface area (Å²) < 4.78 is 43.0. The van der Waals surface area contributed by atoms with Gasteiger partial charge in [-0.25, -0.2) is 8.78 Å². The van der Waals surface area contributed by atoms with Gasteiger partial charge in [-0.15, -0.1) is 0 Å². The van der Waals surface area contributed by atoms with Crippen molar-refractivity contribution in [3.05, 3.63) is 29.3 Å². The smallest absolute Gasteiger partial charge is 0.190 e. The molecule has 0 aliphatic rings. The van der Waals surface area contributed by atoms with Gasteiger partial charge >= 0.3 is 0 Å². The van der Waals surface area contributed by atoms with Gasteiger partial charge in [0.15, 0.2) is 17.4 Å². The van der Waals surface area contributed by atoms with Crippen molar-refractivity contribution >= 4 is 15.9 Å². The minimum atomic E-state index is -0.761. The minimum Gasteiger partial charge on any atom is -0.488 e. The summed E-state index contributed by atoms with van der Waals surface area (Å²) in [5, 5.41) is 0.367. The molecule has 0 saturated heterocycles. The van der Waals surface area contributed by atoms with Gasteiger partial charge in [-0.1, -0.05) is 15.9 Å². The third-order valence-electron chi connectivity index (χ3n) is 1.74. The lowest BCUT2D eigenvalue weighted by Crippen LogP contribution is -2.03. The first-order valence-corrected chi connectivity index (χ1v) is 5.54. The van der Waals surface area contributed by atoms with E-state index in [2.05, 4.69) is 15.9 Å². The van der Waals surface area contributed by atoms with Crippen LogP contribution >= 0.6 is 15.9 Å². The number of hydrogen-bond donors (Lipinski definition) is 0. The van der Waals surface area contributed by atoms with Gasteiger partial charge < -0.3 is 4.74 Å². The molecule has 1 nitrogen and oxygen atoms in total. The maximum atomic E-state index is 13.2. The summed E-state index contributed by atoms with van der Waals surface area (Å²) in [5.74, 6) is -1.96. The second-order valence-electron chi connectivity index (χ2n) is 2.91. The van der Waals surface area contributed by atoms with Crippen molar-refractivity contribution in [2.45, 2.75) is 11.8 Å². The highest BCUT2D eigenvalue weighted by atomic mass is 79.9. The second-order valence-corrected chi connectivity index (χ2v) is 3.47. The maximum Gasteiger partial charge on any atom is 0.190 e. The maximum absolute atomic E-state index is 13.2. The lowest BCUT2D eigenvalue weighted by molar-refractivity contribution is 0.264. The molecule has 0 amide bonds. The topological polar surface area (TPSA) is 9.23 Å². The third-order valence-corrected chi connectivity index (χ3v) is 2.38. The zero-order chi connectivity index (χ0) is 11.3. The Bertz CT molecular complexity index is 307. The summed E-state index contributed by atoms with van der Waals surface area (Å²) in [6.07, 6.45) is 0.124. The lowest BCUT2D eigenvalue weighted by atomic mass is 10.2. The first-order valence-electron chi connectivity index (χ1n) is 4.41. The van der Waals surface area contributed by atoms with E-state index in [0.29, 0.717) is 10.9 Å². The molecule has 84 valence electrons. The molecular weight excluding hydrogens is 273 g/mol. The number of rotatable bonds is 5. The molecule has 0 radical (unpaired) electrons. The largest absolute Gasteiger partial charge is 0.488 e. The second kappa shape index (κ2) is 6.00. The molecule has 0 N–H and O–H groups in total. The highest BCUT2D eigenvalue weighted by Crippen LogP contribution is 2.24. The summed E-state index contributed by atoms with van der Waals surface area (Å²) in [4.78, 5) is 0. The van der Waals surface area contributed by atoms with Crippen LogP contribution in [0.4, 0.5) is 13.2 Å². The molecule has 0 spiro atoms. The van der Waals surface area contributed by atoms with Crippen molar-refractivity contribution in [2.75, 3.05) is 13.3 Å². The Labute approximate surface area is 94.4 Å². The highest BCUT2D eigenvalue weighted by Gasteiger charge is 2.11. The third kappa shape index (κ3) is 3.41. The fraction of sp³-hybridized carbons (Fsp3) is 0.400. The number of benzene rings is 1. The van der Waals surface area contributed by atoms with Crippen LogP contribution in [0.15, 0.2) is 12.1 Å². The number of alkyl halides is 2. The van der Waals surface area contributed by atoms with Crippen molar-refractivity contribution < 1.29 is 17.9 Å². The van der Waals surface area contributed by atoms with Gasteiger partial charge in [-0.3, -0.25) is 4.39 Å². The van der Waals surface area contributed by atoms with Crippen LogP contribution in [0.5, 0.6) is 5.75 Å².